The molecule has 1 aliphatic carbocycles. The molecular formula is C28H33N5O2. The monoisotopic (exact) mass is 471 g/mol. The zero-order valence-corrected chi connectivity index (χ0v) is 20.3. The van der Waals surface area contributed by atoms with Crippen LogP contribution in [0.25, 0.3) is 0 Å². The fourth-order valence-electron chi connectivity index (χ4n) is 5.09. The maximum Gasteiger partial charge on any atom is 0.261 e. The Labute approximate surface area is 206 Å². The molecule has 0 radical (unpaired) electrons. The highest BCUT2D eigenvalue weighted by molar-refractivity contribution is 6.15. The van der Waals surface area contributed by atoms with Crippen molar-refractivity contribution >= 4 is 34.5 Å². The average molecular weight is 472 g/mol. The molecule has 0 spiro atoms. The molecule has 3 aromatic rings. The number of hydrogen-bond acceptors (Lipinski definition) is 6. The number of carbonyl (C=O) groups excluding carboxylic acids is 1. The molecule has 7 heteroatoms. The smallest absolute Gasteiger partial charge is 0.261 e. The van der Waals surface area contributed by atoms with Crippen molar-refractivity contribution in [3.63, 3.8) is 0 Å². The summed E-state index contributed by atoms with van der Waals surface area (Å²) >= 11 is 0. The zero-order valence-electron chi connectivity index (χ0n) is 20.3. The quantitative estimate of drug-likeness (QED) is 0.293. The Balaban J connectivity index is 1.34. The number of rotatable bonds is 6. The zero-order chi connectivity index (χ0) is 24.4. The van der Waals surface area contributed by atoms with E-state index < -0.39 is 0 Å². The minimum atomic E-state index is -0.236. The maximum absolute atomic E-state index is 13.3. The third-order valence-electron chi connectivity index (χ3n) is 7.24. The molecule has 2 aromatic carbocycles. The molecule has 1 fully saturated rings. The summed E-state index contributed by atoms with van der Waals surface area (Å²) in [4.78, 5) is 17.7. The first-order chi connectivity index (χ1) is 17.0. The van der Waals surface area contributed by atoms with Crippen LogP contribution in [0.3, 0.4) is 0 Å². The summed E-state index contributed by atoms with van der Waals surface area (Å²) in [6.07, 6.45) is 8.32. The van der Waals surface area contributed by atoms with Crippen molar-refractivity contribution in [3.8, 4) is 5.75 Å². The van der Waals surface area contributed by atoms with E-state index >= 15 is 0 Å². The lowest BCUT2D eigenvalue weighted by molar-refractivity contribution is 0.102. The van der Waals surface area contributed by atoms with Crippen molar-refractivity contribution in [2.75, 3.05) is 16.0 Å². The van der Waals surface area contributed by atoms with Gasteiger partial charge in [-0.1, -0.05) is 31.4 Å². The van der Waals surface area contributed by atoms with Gasteiger partial charge in [-0.25, -0.2) is 4.98 Å². The second kappa shape index (κ2) is 9.96. The number of anilines is 5. The van der Waals surface area contributed by atoms with Crippen molar-refractivity contribution < 1.29 is 9.90 Å². The molecule has 1 aromatic heterocycles. The topological polar surface area (TPSA) is 98.3 Å². The molecule has 1 saturated carbocycles. The number of aromatic hydroxyl groups is 1. The van der Waals surface area contributed by atoms with Crippen LogP contribution >= 0.6 is 0 Å². The summed E-state index contributed by atoms with van der Waals surface area (Å²) in [5.41, 5.74) is 5.39. The molecule has 0 saturated heterocycles. The fourth-order valence-corrected chi connectivity index (χ4v) is 5.09. The van der Waals surface area contributed by atoms with Gasteiger partial charge in [-0.05, 0) is 68.0 Å². The predicted molar refractivity (Wildman–Crippen MR) is 141 cm³/mol. The van der Waals surface area contributed by atoms with E-state index in [0.717, 1.165) is 40.7 Å². The highest BCUT2D eigenvalue weighted by atomic mass is 16.3. The lowest BCUT2D eigenvalue weighted by Crippen LogP contribution is -2.34. The second-order valence-electron chi connectivity index (χ2n) is 9.73. The van der Waals surface area contributed by atoms with Gasteiger partial charge in [0.2, 0.25) is 0 Å². The van der Waals surface area contributed by atoms with Crippen LogP contribution in [0.5, 0.6) is 5.75 Å². The lowest BCUT2D eigenvalue weighted by Gasteiger charge is -2.28. The van der Waals surface area contributed by atoms with E-state index in [1.807, 2.05) is 25.1 Å². The highest BCUT2D eigenvalue weighted by Crippen LogP contribution is 2.36. The number of amides is 1. The molecule has 2 heterocycles. The normalized spacial score (nSPS) is 16.3. The van der Waals surface area contributed by atoms with E-state index in [1.54, 1.807) is 24.4 Å². The lowest BCUT2D eigenvalue weighted by atomic mass is 9.84. The number of benzene rings is 2. The van der Waals surface area contributed by atoms with E-state index in [2.05, 4.69) is 39.2 Å². The molecule has 1 atom stereocenters. The van der Waals surface area contributed by atoms with E-state index in [0.29, 0.717) is 23.1 Å². The van der Waals surface area contributed by atoms with Gasteiger partial charge in [-0.2, -0.15) is 0 Å². The van der Waals surface area contributed by atoms with Crippen LogP contribution in [0, 0.1) is 12.8 Å². The van der Waals surface area contributed by atoms with Crippen LogP contribution in [-0.4, -0.2) is 22.0 Å². The number of aromatic nitrogens is 1. The van der Waals surface area contributed by atoms with E-state index in [9.17, 15) is 9.90 Å². The summed E-state index contributed by atoms with van der Waals surface area (Å²) in [7, 11) is 0. The SMILES string of the molecule is Cc1ccc(O)cc1Nc1ccnc2c1C(=O)Nc1cc(CN[C@H](C)C3CCCCC3)ccc1N2. The van der Waals surface area contributed by atoms with Crippen LogP contribution < -0.4 is 21.3 Å². The Kier molecular flexibility index (Phi) is 6.59. The van der Waals surface area contributed by atoms with Gasteiger partial charge in [0, 0.05) is 30.5 Å². The minimum absolute atomic E-state index is 0.159. The Morgan fingerprint density at radius 2 is 1.86 bits per heavy atom. The number of pyridine rings is 1. The van der Waals surface area contributed by atoms with Crippen molar-refractivity contribution in [2.45, 2.75) is 58.5 Å². The van der Waals surface area contributed by atoms with Crippen LogP contribution in [-0.2, 0) is 6.54 Å². The predicted octanol–water partition coefficient (Wildman–Crippen LogP) is 6.21. The first kappa shape index (κ1) is 23.2. The number of phenolic OH excluding ortho intramolecular Hbond substituents is 1. The number of nitrogens with zero attached hydrogens (tertiary/aromatic N) is 1. The van der Waals surface area contributed by atoms with Gasteiger partial charge >= 0.3 is 0 Å². The molecule has 1 amide bonds. The van der Waals surface area contributed by atoms with Crippen LogP contribution in [0.1, 0.15) is 60.5 Å². The first-order valence-electron chi connectivity index (χ1n) is 12.5. The molecule has 1 aliphatic heterocycles. The van der Waals surface area contributed by atoms with E-state index in [1.165, 1.54) is 32.1 Å². The van der Waals surface area contributed by atoms with Gasteiger partial charge in [-0.15, -0.1) is 0 Å². The molecule has 5 rings (SSSR count). The van der Waals surface area contributed by atoms with Crippen molar-refractivity contribution in [3.05, 3.63) is 65.4 Å². The highest BCUT2D eigenvalue weighted by Gasteiger charge is 2.24. The van der Waals surface area contributed by atoms with Gasteiger partial charge in [0.1, 0.15) is 17.1 Å². The third-order valence-corrected chi connectivity index (χ3v) is 7.24. The first-order valence-corrected chi connectivity index (χ1v) is 12.5. The van der Waals surface area contributed by atoms with Gasteiger partial charge in [0.05, 0.1) is 17.1 Å². The van der Waals surface area contributed by atoms with E-state index in [4.69, 9.17) is 0 Å². The minimum Gasteiger partial charge on any atom is -0.508 e. The van der Waals surface area contributed by atoms with Crippen LogP contribution in [0.2, 0.25) is 0 Å². The Bertz CT molecular complexity index is 1240. The molecule has 5 N–H and O–H groups in total. The van der Waals surface area contributed by atoms with Crippen molar-refractivity contribution in [2.24, 2.45) is 5.92 Å². The molecule has 182 valence electrons. The Morgan fingerprint density at radius 3 is 2.69 bits per heavy atom. The summed E-state index contributed by atoms with van der Waals surface area (Å²) in [5.74, 6) is 1.15. The summed E-state index contributed by atoms with van der Waals surface area (Å²) in [5, 5.41) is 23.3. The Morgan fingerprint density at radius 1 is 1.03 bits per heavy atom. The molecule has 7 nitrogen and oxygen atoms in total. The van der Waals surface area contributed by atoms with Crippen molar-refractivity contribution in [1.82, 2.24) is 10.3 Å². The average Bonchev–Trinajstić information content (AvgIpc) is 3.01. The number of phenols is 1. The maximum atomic E-state index is 13.3. The van der Waals surface area contributed by atoms with Crippen LogP contribution in [0.4, 0.5) is 28.6 Å². The summed E-state index contributed by atoms with van der Waals surface area (Å²) < 4.78 is 0. The number of hydrogen-bond donors (Lipinski definition) is 5. The molecule has 2 aliphatic rings. The third kappa shape index (κ3) is 5.10. The molecule has 0 unspecified atom stereocenters. The van der Waals surface area contributed by atoms with Gasteiger partial charge < -0.3 is 26.4 Å². The number of fused-ring (bicyclic) bond motifs is 2. The van der Waals surface area contributed by atoms with E-state index in [-0.39, 0.29) is 11.7 Å². The largest absolute Gasteiger partial charge is 0.508 e. The molecule has 0 bridgehead atoms. The van der Waals surface area contributed by atoms with Gasteiger partial charge in [0.15, 0.2) is 0 Å². The molecular weight excluding hydrogens is 438 g/mol. The fraction of sp³-hybridized carbons (Fsp3) is 0.357. The summed E-state index contributed by atoms with van der Waals surface area (Å²) in [6, 6.07) is 13.5. The summed E-state index contributed by atoms with van der Waals surface area (Å²) in [6.45, 7) is 4.99. The van der Waals surface area contributed by atoms with Gasteiger partial charge in [-0.3, -0.25) is 4.79 Å². The second-order valence-corrected chi connectivity index (χ2v) is 9.73. The van der Waals surface area contributed by atoms with Gasteiger partial charge in [0.25, 0.3) is 5.91 Å². The number of aryl methyl sites for hydroxylation is 1. The molecule has 35 heavy (non-hydrogen) atoms. The number of nitrogens with one attached hydrogen (secondary N) is 4. The standard InChI is InChI=1S/C28H33N5O2/c1-17-8-10-21(34)15-24(17)31-23-12-13-29-27-26(23)28(35)33-25-14-19(9-11-22(25)32-27)16-30-18(2)20-6-4-3-5-7-20/h8-15,18,20,30,34H,3-7,16H2,1-2H3,(H,33,35)(H2,29,31,32)/t18-/m1/s1. The van der Waals surface area contributed by atoms with Crippen LogP contribution in [0.15, 0.2) is 48.7 Å². The van der Waals surface area contributed by atoms with Crippen molar-refractivity contribution in [1.29, 1.82) is 0 Å². The Hall–Kier alpha value is -3.58. The number of carbonyl (C=O) groups is 1.